The van der Waals surface area contributed by atoms with Gasteiger partial charge < -0.3 is 4.74 Å². The molecule has 0 amide bonds. The molecule has 0 atom stereocenters. The largest absolute Gasteiger partial charge is 0.490 e. The van der Waals surface area contributed by atoms with Gasteiger partial charge in [-0.1, -0.05) is 26.0 Å². The van der Waals surface area contributed by atoms with Gasteiger partial charge in [0.05, 0.1) is 11.9 Å². The van der Waals surface area contributed by atoms with Crippen molar-refractivity contribution in [2.24, 2.45) is 5.92 Å². The summed E-state index contributed by atoms with van der Waals surface area (Å²) in [6.45, 7) is 5.18. The molecule has 3 rings (SSSR count). The summed E-state index contributed by atoms with van der Waals surface area (Å²) < 4.78 is 73.6. The first-order valence-corrected chi connectivity index (χ1v) is 14.8. The molecular weight excluding hydrogens is 493 g/mol. The Kier molecular flexibility index (Phi) is 8.79. The van der Waals surface area contributed by atoms with Gasteiger partial charge >= 0.3 is 10.2 Å². The van der Waals surface area contributed by atoms with E-state index in [1.165, 1.54) is 38.4 Å². The number of ether oxygens (including phenoxy) is 1. The van der Waals surface area contributed by atoms with Gasteiger partial charge in [-0.2, -0.15) is 12.7 Å². The Morgan fingerprint density at radius 2 is 1.57 bits per heavy atom. The predicted octanol–water partition coefficient (Wildman–Crippen LogP) is 3.47. The minimum absolute atomic E-state index is 0.0995. The van der Waals surface area contributed by atoms with Crippen LogP contribution in [0, 0.1) is 11.7 Å². The van der Waals surface area contributed by atoms with Crippen molar-refractivity contribution in [2.75, 3.05) is 37.2 Å². The van der Waals surface area contributed by atoms with Crippen LogP contribution >= 0.6 is 0 Å². The summed E-state index contributed by atoms with van der Waals surface area (Å²) in [5.41, 5.74) is 1.19. The quantitative estimate of drug-likeness (QED) is 0.472. The summed E-state index contributed by atoms with van der Waals surface area (Å²) in [4.78, 5) is 0. The smallest absolute Gasteiger partial charge is 0.304 e. The third-order valence-electron chi connectivity index (χ3n) is 5.89. The van der Waals surface area contributed by atoms with Crippen LogP contribution < -0.4 is 9.04 Å². The Morgan fingerprint density at radius 3 is 2.09 bits per heavy atom. The first-order chi connectivity index (χ1) is 16.4. The van der Waals surface area contributed by atoms with E-state index in [4.69, 9.17) is 4.74 Å². The Bertz CT molecular complexity index is 1180. The number of nitrogens with zero attached hydrogens (tertiary/aromatic N) is 3. The van der Waals surface area contributed by atoms with Gasteiger partial charge in [0.15, 0.2) is 0 Å². The molecule has 2 aromatic carbocycles. The topological polar surface area (TPSA) is 87.2 Å². The summed E-state index contributed by atoms with van der Waals surface area (Å²) in [6.07, 6.45) is 2.30. The molecule has 11 heteroatoms. The first-order valence-electron chi connectivity index (χ1n) is 11.6. The van der Waals surface area contributed by atoms with Crippen molar-refractivity contribution in [1.29, 1.82) is 0 Å². The summed E-state index contributed by atoms with van der Waals surface area (Å²) in [6, 6.07) is 12.6. The number of piperidine rings is 1. The molecule has 1 aliphatic rings. The molecule has 0 unspecified atom stereocenters. The van der Waals surface area contributed by atoms with Crippen LogP contribution in [0.15, 0.2) is 48.5 Å². The van der Waals surface area contributed by atoms with Crippen LogP contribution in [-0.2, 0) is 26.8 Å². The molecule has 0 bridgehead atoms. The third kappa shape index (κ3) is 7.39. The van der Waals surface area contributed by atoms with Crippen LogP contribution in [0.25, 0.3) is 0 Å². The molecule has 2 aromatic rings. The summed E-state index contributed by atoms with van der Waals surface area (Å²) in [7, 11) is -5.54. The van der Waals surface area contributed by atoms with Gasteiger partial charge in [0, 0.05) is 33.2 Å². The van der Waals surface area contributed by atoms with Crippen molar-refractivity contribution in [1.82, 2.24) is 8.61 Å². The standard InChI is InChI=1S/C24H34FN3O5S2/c1-19(2)17-28(18-20-5-7-21(25)8-6-20)35(31,32)26(3)22-9-11-23(12-10-22)33-24-13-15-27(16-14-24)34(4,29)30/h5-12,19,24H,13-18H2,1-4H3. The van der Waals surface area contributed by atoms with Gasteiger partial charge in [-0.05, 0) is 60.7 Å². The van der Waals surface area contributed by atoms with Crippen LogP contribution in [0.4, 0.5) is 10.1 Å². The van der Waals surface area contributed by atoms with Crippen molar-refractivity contribution >= 4 is 25.9 Å². The molecule has 0 N–H and O–H groups in total. The molecule has 194 valence electrons. The zero-order valence-electron chi connectivity index (χ0n) is 20.6. The summed E-state index contributed by atoms with van der Waals surface area (Å²) >= 11 is 0. The van der Waals surface area contributed by atoms with Crippen molar-refractivity contribution in [3.8, 4) is 5.75 Å². The highest BCUT2D eigenvalue weighted by molar-refractivity contribution is 7.90. The molecular formula is C24H34FN3O5S2. The van der Waals surface area contributed by atoms with E-state index in [2.05, 4.69) is 0 Å². The van der Waals surface area contributed by atoms with Crippen molar-refractivity contribution in [3.05, 3.63) is 59.9 Å². The lowest BCUT2D eigenvalue weighted by Gasteiger charge is -2.31. The average Bonchev–Trinajstić information content (AvgIpc) is 2.79. The maximum absolute atomic E-state index is 13.4. The number of benzene rings is 2. The molecule has 1 saturated heterocycles. The SMILES string of the molecule is CC(C)CN(Cc1ccc(F)cc1)S(=O)(=O)N(C)c1ccc(OC2CCN(S(C)(=O)=O)CC2)cc1. The van der Waals surface area contributed by atoms with Gasteiger partial charge in [0.25, 0.3) is 0 Å². The lowest BCUT2D eigenvalue weighted by molar-refractivity contribution is 0.135. The molecule has 1 aliphatic heterocycles. The fraction of sp³-hybridized carbons (Fsp3) is 0.500. The Hall–Kier alpha value is -2.21. The number of hydrogen-bond donors (Lipinski definition) is 0. The van der Waals surface area contributed by atoms with E-state index in [0.717, 1.165) is 0 Å². The normalized spacial score (nSPS) is 16.1. The van der Waals surface area contributed by atoms with Crippen LogP contribution in [0.3, 0.4) is 0 Å². The number of rotatable bonds is 10. The molecule has 8 nitrogen and oxygen atoms in total. The Labute approximate surface area is 208 Å². The van der Waals surface area contributed by atoms with Gasteiger partial charge in [0.1, 0.15) is 17.7 Å². The van der Waals surface area contributed by atoms with E-state index in [1.807, 2.05) is 13.8 Å². The second-order valence-corrected chi connectivity index (χ2v) is 13.2. The van der Waals surface area contributed by atoms with Gasteiger partial charge in [0.2, 0.25) is 10.0 Å². The third-order valence-corrected chi connectivity index (χ3v) is 9.02. The molecule has 0 aromatic heterocycles. The van der Waals surface area contributed by atoms with Crippen molar-refractivity contribution in [2.45, 2.75) is 39.3 Å². The number of halogens is 1. The second kappa shape index (κ2) is 11.2. The lowest BCUT2D eigenvalue weighted by Crippen LogP contribution is -2.43. The maximum atomic E-state index is 13.4. The lowest BCUT2D eigenvalue weighted by atomic mass is 10.1. The molecule has 1 fully saturated rings. The number of sulfonamides is 1. The molecule has 0 aliphatic carbocycles. The summed E-state index contributed by atoms with van der Waals surface area (Å²) in [5, 5.41) is 0. The fourth-order valence-electron chi connectivity index (χ4n) is 3.96. The van der Waals surface area contributed by atoms with E-state index in [-0.39, 0.29) is 24.4 Å². The van der Waals surface area contributed by atoms with Crippen LogP contribution in [0.1, 0.15) is 32.3 Å². The van der Waals surface area contributed by atoms with Crippen LogP contribution in [0.2, 0.25) is 0 Å². The van der Waals surface area contributed by atoms with Gasteiger partial charge in [-0.25, -0.2) is 17.1 Å². The van der Waals surface area contributed by atoms with Crippen molar-refractivity contribution < 1.29 is 26.0 Å². The molecule has 0 radical (unpaired) electrons. The highest BCUT2D eigenvalue weighted by Crippen LogP contribution is 2.26. The van der Waals surface area contributed by atoms with Gasteiger partial charge in [-0.15, -0.1) is 0 Å². The zero-order valence-corrected chi connectivity index (χ0v) is 22.2. The highest BCUT2D eigenvalue weighted by atomic mass is 32.2. The second-order valence-electron chi connectivity index (χ2n) is 9.26. The molecule has 35 heavy (non-hydrogen) atoms. The molecule has 1 heterocycles. The molecule has 0 saturated carbocycles. The Balaban J connectivity index is 1.68. The van der Waals surface area contributed by atoms with Crippen molar-refractivity contribution in [3.63, 3.8) is 0 Å². The number of anilines is 1. The fourth-order valence-corrected chi connectivity index (χ4v) is 6.36. The van der Waals surface area contributed by atoms with Crippen LogP contribution in [-0.4, -0.2) is 64.5 Å². The van der Waals surface area contributed by atoms with E-state index in [0.29, 0.717) is 49.5 Å². The zero-order chi connectivity index (χ0) is 25.8. The maximum Gasteiger partial charge on any atom is 0.304 e. The monoisotopic (exact) mass is 527 g/mol. The highest BCUT2D eigenvalue weighted by Gasteiger charge is 2.29. The van der Waals surface area contributed by atoms with Gasteiger partial charge in [-0.3, -0.25) is 4.31 Å². The van der Waals surface area contributed by atoms with E-state index >= 15 is 0 Å². The minimum Gasteiger partial charge on any atom is -0.490 e. The van der Waals surface area contributed by atoms with E-state index in [9.17, 15) is 21.2 Å². The average molecular weight is 528 g/mol. The Morgan fingerprint density at radius 1 is 1.00 bits per heavy atom. The first kappa shape index (κ1) is 27.4. The summed E-state index contributed by atoms with van der Waals surface area (Å²) in [5.74, 6) is 0.332. The molecule has 0 spiro atoms. The van der Waals surface area contributed by atoms with E-state index < -0.39 is 20.2 Å². The van der Waals surface area contributed by atoms with E-state index in [1.54, 1.807) is 36.4 Å². The number of hydrogen-bond acceptors (Lipinski definition) is 5. The predicted molar refractivity (Wildman–Crippen MR) is 135 cm³/mol. The minimum atomic E-state index is -3.85. The van der Waals surface area contributed by atoms with Crippen LogP contribution in [0.5, 0.6) is 5.75 Å².